The fourth-order valence-corrected chi connectivity index (χ4v) is 3.25. The van der Waals surface area contributed by atoms with Gasteiger partial charge in [-0.05, 0) is 49.2 Å². The van der Waals surface area contributed by atoms with Crippen LogP contribution < -0.4 is 21.1 Å². The Morgan fingerprint density at radius 3 is 2.52 bits per heavy atom. The standard InChI is InChI=1S/C25H36F2N4O2/c1-16(2)10-12-31-24(32)23-21(22(28)11-13-30-23)15-29-14-19-6-8-20(9-7-19)33-25(27,17(3)4)18(5)26/h6-9,11,13,15-18,22,30H,10,12,14,28H2,1-5H3,(H,31,32). The minimum absolute atomic E-state index is 0.222. The Balaban J connectivity index is 2.05. The fourth-order valence-electron chi connectivity index (χ4n) is 3.25. The quantitative estimate of drug-likeness (QED) is 0.431. The van der Waals surface area contributed by atoms with Crippen LogP contribution in [0.1, 0.15) is 46.6 Å². The Bertz CT molecular complexity index is 869. The molecule has 0 spiro atoms. The number of nitrogens with zero attached hydrogens (tertiary/aromatic N) is 1. The van der Waals surface area contributed by atoms with Crippen molar-refractivity contribution in [3.8, 4) is 5.75 Å². The summed E-state index contributed by atoms with van der Waals surface area (Å²) in [6, 6.07) is 6.21. The van der Waals surface area contributed by atoms with Crippen molar-refractivity contribution in [1.82, 2.24) is 10.6 Å². The van der Waals surface area contributed by atoms with Crippen LogP contribution in [0, 0.1) is 11.8 Å². The average molecular weight is 463 g/mol. The van der Waals surface area contributed by atoms with Crippen molar-refractivity contribution < 1.29 is 18.3 Å². The number of nitrogens with two attached hydrogens (primary N) is 1. The molecule has 1 aromatic rings. The average Bonchev–Trinajstić information content (AvgIpc) is 2.75. The smallest absolute Gasteiger partial charge is 0.280 e. The third kappa shape index (κ3) is 7.39. The van der Waals surface area contributed by atoms with Gasteiger partial charge in [0.15, 0.2) is 6.17 Å². The van der Waals surface area contributed by atoms with Gasteiger partial charge in [-0.3, -0.25) is 9.79 Å². The van der Waals surface area contributed by atoms with Gasteiger partial charge in [0.1, 0.15) is 11.4 Å². The number of nitrogens with one attached hydrogen (secondary N) is 2. The van der Waals surface area contributed by atoms with E-state index in [4.69, 9.17) is 10.5 Å². The van der Waals surface area contributed by atoms with Gasteiger partial charge in [0.05, 0.1) is 12.6 Å². The molecular formula is C25H36F2N4O2. The molecule has 1 aliphatic heterocycles. The SMILES string of the molecule is CC(C)CCNC(=O)C1=C(C=NCc2ccc(OC(F)(C(C)C)C(C)F)cc2)C(N)C=CN1. The molecule has 0 saturated heterocycles. The lowest BCUT2D eigenvalue weighted by molar-refractivity contribution is -0.147. The van der Waals surface area contributed by atoms with E-state index in [-0.39, 0.29) is 11.7 Å². The van der Waals surface area contributed by atoms with Crippen LogP contribution in [0.3, 0.4) is 0 Å². The van der Waals surface area contributed by atoms with E-state index in [1.165, 1.54) is 0 Å². The van der Waals surface area contributed by atoms with Crippen molar-refractivity contribution >= 4 is 12.1 Å². The van der Waals surface area contributed by atoms with Gasteiger partial charge in [0.2, 0.25) is 0 Å². The number of hydrogen-bond acceptors (Lipinski definition) is 5. The molecule has 3 unspecified atom stereocenters. The highest BCUT2D eigenvalue weighted by atomic mass is 19.2. The second kappa shape index (κ2) is 11.9. The van der Waals surface area contributed by atoms with Crippen molar-refractivity contribution in [2.75, 3.05) is 6.54 Å². The van der Waals surface area contributed by atoms with E-state index in [2.05, 4.69) is 29.5 Å². The molecule has 1 aromatic carbocycles. The molecule has 0 aromatic heterocycles. The van der Waals surface area contributed by atoms with Gasteiger partial charge in [-0.2, -0.15) is 4.39 Å². The van der Waals surface area contributed by atoms with E-state index in [0.717, 1.165) is 18.9 Å². The maximum atomic E-state index is 14.8. The molecule has 0 radical (unpaired) electrons. The second-order valence-electron chi connectivity index (χ2n) is 8.98. The van der Waals surface area contributed by atoms with Crippen molar-refractivity contribution in [2.45, 2.75) is 65.7 Å². The van der Waals surface area contributed by atoms with E-state index in [1.54, 1.807) is 56.6 Å². The lowest BCUT2D eigenvalue weighted by Crippen LogP contribution is -2.44. The highest BCUT2D eigenvalue weighted by Crippen LogP contribution is 2.32. The van der Waals surface area contributed by atoms with E-state index < -0.39 is 24.0 Å². The van der Waals surface area contributed by atoms with Gasteiger partial charge in [-0.25, -0.2) is 4.39 Å². The molecule has 4 N–H and O–H groups in total. The van der Waals surface area contributed by atoms with Crippen molar-refractivity contribution in [2.24, 2.45) is 22.6 Å². The Morgan fingerprint density at radius 1 is 1.27 bits per heavy atom. The van der Waals surface area contributed by atoms with Gasteiger partial charge in [-0.1, -0.05) is 39.8 Å². The Hall–Kier alpha value is -2.74. The maximum Gasteiger partial charge on any atom is 0.280 e. The third-order valence-corrected chi connectivity index (χ3v) is 5.44. The van der Waals surface area contributed by atoms with Gasteiger partial charge in [0, 0.05) is 24.3 Å². The molecule has 0 bridgehead atoms. The predicted molar refractivity (Wildman–Crippen MR) is 128 cm³/mol. The summed E-state index contributed by atoms with van der Waals surface area (Å²) in [6.07, 6.45) is 4.11. The topological polar surface area (TPSA) is 88.7 Å². The molecule has 2 rings (SSSR count). The summed E-state index contributed by atoms with van der Waals surface area (Å²) >= 11 is 0. The number of ether oxygens (including phenoxy) is 1. The second-order valence-corrected chi connectivity index (χ2v) is 8.98. The van der Waals surface area contributed by atoms with E-state index >= 15 is 0 Å². The lowest BCUT2D eigenvalue weighted by atomic mass is 10.0. The number of amides is 1. The summed E-state index contributed by atoms with van der Waals surface area (Å²) < 4.78 is 33.9. The number of alkyl halides is 2. The minimum atomic E-state index is -2.39. The van der Waals surface area contributed by atoms with Crippen molar-refractivity contribution in [1.29, 1.82) is 0 Å². The van der Waals surface area contributed by atoms with Crippen molar-refractivity contribution in [3.05, 3.63) is 53.4 Å². The largest absolute Gasteiger partial charge is 0.455 e. The van der Waals surface area contributed by atoms with Crippen LogP contribution in [-0.2, 0) is 11.3 Å². The first-order valence-electron chi connectivity index (χ1n) is 11.4. The first-order chi connectivity index (χ1) is 15.5. The molecule has 0 saturated carbocycles. The number of carbonyl (C=O) groups excluding carboxylic acids is 1. The molecule has 1 aliphatic rings. The normalized spacial score (nSPS) is 19.0. The molecule has 8 heteroatoms. The highest BCUT2D eigenvalue weighted by molar-refractivity contribution is 6.00. The summed E-state index contributed by atoms with van der Waals surface area (Å²) in [7, 11) is 0. The molecule has 33 heavy (non-hydrogen) atoms. The number of hydrogen-bond donors (Lipinski definition) is 3. The zero-order valence-corrected chi connectivity index (χ0v) is 20.1. The van der Waals surface area contributed by atoms with Crippen LogP contribution in [0.2, 0.25) is 0 Å². The third-order valence-electron chi connectivity index (χ3n) is 5.44. The van der Waals surface area contributed by atoms with Gasteiger partial charge in [0.25, 0.3) is 11.8 Å². The number of dihydropyridines is 1. The van der Waals surface area contributed by atoms with Crippen LogP contribution in [0.5, 0.6) is 5.75 Å². The van der Waals surface area contributed by atoms with Crippen molar-refractivity contribution in [3.63, 3.8) is 0 Å². The van der Waals surface area contributed by atoms with Gasteiger partial charge < -0.3 is 21.1 Å². The van der Waals surface area contributed by atoms with Gasteiger partial charge >= 0.3 is 0 Å². The molecule has 0 fully saturated rings. The zero-order valence-electron chi connectivity index (χ0n) is 20.1. The number of rotatable bonds is 11. The molecule has 1 heterocycles. The Morgan fingerprint density at radius 2 is 1.94 bits per heavy atom. The predicted octanol–water partition coefficient (Wildman–Crippen LogP) is 4.18. The maximum absolute atomic E-state index is 14.8. The number of aliphatic imine (C=N–C) groups is 1. The molecular weight excluding hydrogens is 426 g/mol. The molecule has 6 nitrogen and oxygen atoms in total. The monoisotopic (exact) mass is 462 g/mol. The summed E-state index contributed by atoms with van der Waals surface area (Å²) in [4.78, 5) is 17.0. The number of halogens is 2. The summed E-state index contributed by atoms with van der Waals surface area (Å²) in [5, 5.41) is 5.87. The first-order valence-corrected chi connectivity index (χ1v) is 11.4. The lowest BCUT2D eigenvalue weighted by Gasteiger charge is -2.31. The Kier molecular flexibility index (Phi) is 9.58. The Labute approximate surface area is 195 Å². The van der Waals surface area contributed by atoms with Crippen LogP contribution in [0.4, 0.5) is 8.78 Å². The van der Waals surface area contributed by atoms with Crippen LogP contribution in [-0.4, -0.2) is 36.7 Å². The van der Waals surface area contributed by atoms with E-state index in [1.807, 2.05) is 0 Å². The highest BCUT2D eigenvalue weighted by Gasteiger charge is 2.42. The number of benzene rings is 1. The molecule has 3 atom stereocenters. The van der Waals surface area contributed by atoms with Gasteiger partial charge in [-0.15, -0.1) is 0 Å². The fraction of sp³-hybridized carbons (Fsp3) is 0.520. The summed E-state index contributed by atoms with van der Waals surface area (Å²) in [6.45, 7) is 9.40. The minimum Gasteiger partial charge on any atom is -0.455 e. The van der Waals surface area contributed by atoms with Crippen LogP contribution >= 0.6 is 0 Å². The van der Waals surface area contributed by atoms with Crippen LogP contribution in [0.25, 0.3) is 0 Å². The molecule has 0 aliphatic carbocycles. The summed E-state index contributed by atoms with van der Waals surface area (Å²) in [5.41, 5.74) is 7.97. The van der Waals surface area contributed by atoms with Crippen LogP contribution in [0.15, 0.2) is 52.8 Å². The van der Waals surface area contributed by atoms with E-state index in [9.17, 15) is 13.6 Å². The molecule has 182 valence electrons. The summed E-state index contributed by atoms with van der Waals surface area (Å²) in [5.74, 6) is -2.52. The molecule has 1 amide bonds. The zero-order chi connectivity index (χ0) is 24.6. The number of carbonyl (C=O) groups is 1. The van der Waals surface area contributed by atoms with E-state index in [0.29, 0.717) is 30.3 Å². The first kappa shape index (κ1) is 26.5.